The maximum atomic E-state index is 12.0. The number of hydrogen-bond acceptors (Lipinski definition) is 5. The lowest BCUT2D eigenvalue weighted by atomic mass is 10.2. The maximum absolute atomic E-state index is 12.0. The third-order valence-electron chi connectivity index (χ3n) is 4.50. The van der Waals surface area contributed by atoms with E-state index in [1.54, 1.807) is 12.4 Å². The number of H-pyrrole nitrogens is 1. The van der Waals surface area contributed by atoms with Crippen molar-refractivity contribution in [3.8, 4) is 0 Å². The van der Waals surface area contributed by atoms with E-state index >= 15 is 0 Å². The van der Waals surface area contributed by atoms with Crippen LogP contribution in [-0.2, 0) is 4.74 Å². The third-order valence-corrected chi connectivity index (χ3v) is 4.50. The van der Waals surface area contributed by atoms with Gasteiger partial charge in [0, 0.05) is 17.6 Å². The summed E-state index contributed by atoms with van der Waals surface area (Å²) in [5.41, 5.74) is 2.08. The molecule has 1 amide bonds. The lowest BCUT2D eigenvalue weighted by molar-refractivity contribution is 0.0504. The summed E-state index contributed by atoms with van der Waals surface area (Å²) in [4.78, 5) is 20.6. The quantitative estimate of drug-likeness (QED) is 0.746. The summed E-state index contributed by atoms with van der Waals surface area (Å²) >= 11 is 0. The molecule has 3 aromatic heterocycles. The van der Waals surface area contributed by atoms with Gasteiger partial charge in [0.05, 0.1) is 17.8 Å². The minimum atomic E-state index is -0.486. The van der Waals surface area contributed by atoms with Crippen molar-refractivity contribution in [2.45, 2.75) is 57.7 Å². The highest BCUT2D eigenvalue weighted by atomic mass is 16.6. The number of aromatic amines is 1. The van der Waals surface area contributed by atoms with Crippen LogP contribution in [0.5, 0.6) is 0 Å². The molecule has 0 unspecified atom stereocenters. The fraction of sp³-hybridized carbons (Fsp3) is 0.529. The Hall–Kier alpha value is -2.64. The second-order valence-corrected chi connectivity index (χ2v) is 7.57. The Kier molecular flexibility index (Phi) is 3.63. The molecule has 1 saturated carbocycles. The molecule has 1 fully saturated rings. The Morgan fingerprint density at radius 3 is 3.00 bits per heavy atom. The van der Waals surface area contributed by atoms with Crippen molar-refractivity contribution in [1.82, 2.24) is 30.3 Å². The lowest BCUT2D eigenvalue weighted by Gasteiger charge is -2.21. The standard InChI is InChI=1S/C17H22N6O2/c1-17(2,3)25-16(24)20-10-4-5-11(8-10)23-14-12-6-7-18-15(12)19-9-13(14)21-22-23/h6-7,9-11,22H,4-5,8H2,1-3H3,(H,20,24)/t10-,11-/m0/s1. The van der Waals surface area contributed by atoms with E-state index in [0.717, 1.165) is 41.3 Å². The number of carbonyl (C=O) groups is 1. The van der Waals surface area contributed by atoms with E-state index < -0.39 is 5.60 Å². The van der Waals surface area contributed by atoms with E-state index in [1.807, 2.05) is 26.8 Å². The number of ether oxygens (including phenoxy) is 1. The molecule has 3 aromatic rings. The first kappa shape index (κ1) is 15.9. The van der Waals surface area contributed by atoms with Crippen molar-refractivity contribution in [2.75, 3.05) is 0 Å². The SMILES string of the molecule is CC(C)(C)OC(=O)N[C@H]1CC[C@H](n2[nH]nc3cnc4nccc4c32)C1. The molecule has 132 valence electrons. The van der Waals surface area contributed by atoms with Crippen molar-refractivity contribution >= 4 is 28.2 Å². The van der Waals surface area contributed by atoms with Crippen LogP contribution in [-0.4, -0.2) is 42.7 Å². The molecule has 0 spiro atoms. The van der Waals surface area contributed by atoms with Gasteiger partial charge in [-0.2, -0.15) is 5.10 Å². The zero-order chi connectivity index (χ0) is 17.6. The molecule has 3 heterocycles. The molecular formula is C17H22N6O2. The molecule has 4 rings (SSSR count). The summed E-state index contributed by atoms with van der Waals surface area (Å²) in [6.07, 6.45) is 5.84. The predicted octanol–water partition coefficient (Wildman–Crippen LogP) is 2.93. The number of nitrogens with one attached hydrogen (secondary N) is 2. The molecule has 8 nitrogen and oxygen atoms in total. The van der Waals surface area contributed by atoms with Gasteiger partial charge in [0.15, 0.2) is 5.65 Å². The van der Waals surface area contributed by atoms with E-state index in [2.05, 4.69) is 30.3 Å². The molecule has 0 aliphatic heterocycles. The second kappa shape index (κ2) is 5.72. The smallest absolute Gasteiger partial charge is 0.407 e. The Bertz CT molecular complexity index is 922. The molecule has 8 heteroatoms. The average Bonchev–Trinajstić information content (AvgIpc) is 3.22. The minimum absolute atomic E-state index is 0.0980. The first-order valence-corrected chi connectivity index (χ1v) is 8.56. The summed E-state index contributed by atoms with van der Waals surface area (Å²) < 4.78 is 7.43. The highest BCUT2D eigenvalue weighted by Gasteiger charge is 2.30. The summed E-state index contributed by atoms with van der Waals surface area (Å²) in [7, 11) is 0. The average molecular weight is 342 g/mol. The normalized spacial score (nSPS) is 21.1. The number of fused-ring (bicyclic) bond motifs is 3. The minimum Gasteiger partial charge on any atom is -0.444 e. The molecule has 1 aliphatic rings. The van der Waals surface area contributed by atoms with Gasteiger partial charge in [0.1, 0.15) is 11.1 Å². The number of hydrogen-bond donors (Lipinski definition) is 2. The molecular weight excluding hydrogens is 320 g/mol. The Labute approximate surface area is 144 Å². The van der Waals surface area contributed by atoms with Gasteiger partial charge in [-0.3, -0.25) is 4.68 Å². The third kappa shape index (κ3) is 3.04. The van der Waals surface area contributed by atoms with E-state index in [1.165, 1.54) is 0 Å². The Morgan fingerprint density at radius 1 is 1.36 bits per heavy atom. The van der Waals surface area contributed by atoms with Gasteiger partial charge in [-0.25, -0.2) is 20.0 Å². The molecule has 0 radical (unpaired) electrons. The van der Waals surface area contributed by atoms with Crippen LogP contribution in [0, 0.1) is 0 Å². The van der Waals surface area contributed by atoms with Gasteiger partial charge in [-0.05, 0) is 46.1 Å². The highest BCUT2D eigenvalue weighted by Crippen LogP contribution is 2.33. The largest absolute Gasteiger partial charge is 0.444 e. The van der Waals surface area contributed by atoms with E-state index in [4.69, 9.17) is 4.74 Å². The lowest BCUT2D eigenvalue weighted by Crippen LogP contribution is -2.38. The summed E-state index contributed by atoms with van der Waals surface area (Å²) in [6.45, 7) is 5.59. The molecule has 25 heavy (non-hydrogen) atoms. The van der Waals surface area contributed by atoms with Crippen LogP contribution in [0.2, 0.25) is 0 Å². The summed E-state index contributed by atoms with van der Waals surface area (Å²) in [5.74, 6) is 0. The Morgan fingerprint density at radius 2 is 2.20 bits per heavy atom. The van der Waals surface area contributed by atoms with Crippen LogP contribution in [0.4, 0.5) is 4.79 Å². The van der Waals surface area contributed by atoms with Crippen LogP contribution in [0.25, 0.3) is 22.1 Å². The van der Waals surface area contributed by atoms with E-state index in [0.29, 0.717) is 0 Å². The number of alkyl carbamates (subject to hydrolysis) is 1. The number of pyridine rings is 1. The summed E-state index contributed by atoms with van der Waals surface area (Å²) in [5, 5.41) is 11.4. The van der Waals surface area contributed by atoms with Gasteiger partial charge in [-0.15, -0.1) is 0 Å². The van der Waals surface area contributed by atoms with Crippen LogP contribution in [0.1, 0.15) is 46.1 Å². The van der Waals surface area contributed by atoms with Crippen molar-refractivity contribution in [3.05, 3.63) is 18.5 Å². The number of aromatic nitrogens is 5. The fourth-order valence-corrected chi connectivity index (χ4v) is 3.49. The number of nitrogens with zero attached hydrogens (tertiary/aromatic N) is 4. The first-order valence-electron chi connectivity index (χ1n) is 8.56. The predicted molar refractivity (Wildman–Crippen MR) is 93.2 cm³/mol. The van der Waals surface area contributed by atoms with Gasteiger partial charge in [0.2, 0.25) is 0 Å². The molecule has 0 saturated heterocycles. The van der Waals surface area contributed by atoms with Crippen LogP contribution in [0.3, 0.4) is 0 Å². The molecule has 0 bridgehead atoms. The van der Waals surface area contributed by atoms with E-state index in [-0.39, 0.29) is 18.2 Å². The van der Waals surface area contributed by atoms with Crippen molar-refractivity contribution in [2.24, 2.45) is 0 Å². The monoisotopic (exact) mass is 342 g/mol. The summed E-state index contributed by atoms with van der Waals surface area (Å²) in [6, 6.07) is 2.30. The number of amides is 1. The van der Waals surface area contributed by atoms with Crippen LogP contribution >= 0.6 is 0 Å². The van der Waals surface area contributed by atoms with Gasteiger partial charge in [-0.1, -0.05) is 0 Å². The number of carbonyl (C=O) groups excluding carboxylic acids is 1. The zero-order valence-electron chi connectivity index (χ0n) is 14.6. The highest BCUT2D eigenvalue weighted by molar-refractivity contribution is 6.00. The van der Waals surface area contributed by atoms with Crippen molar-refractivity contribution < 1.29 is 9.53 Å². The Balaban J connectivity index is 1.53. The maximum Gasteiger partial charge on any atom is 0.407 e. The van der Waals surface area contributed by atoms with Crippen molar-refractivity contribution in [3.63, 3.8) is 0 Å². The second-order valence-electron chi connectivity index (χ2n) is 7.57. The van der Waals surface area contributed by atoms with Gasteiger partial charge in [0.25, 0.3) is 0 Å². The molecule has 2 N–H and O–H groups in total. The van der Waals surface area contributed by atoms with E-state index in [9.17, 15) is 4.79 Å². The van der Waals surface area contributed by atoms with Crippen LogP contribution in [0.15, 0.2) is 18.5 Å². The van der Waals surface area contributed by atoms with Gasteiger partial charge >= 0.3 is 6.09 Å². The van der Waals surface area contributed by atoms with Crippen LogP contribution < -0.4 is 5.32 Å². The topological polar surface area (TPSA) is 97.7 Å². The molecule has 1 aliphatic carbocycles. The molecule has 2 atom stereocenters. The first-order chi connectivity index (χ1) is 11.9. The van der Waals surface area contributed by atoms with Crippen molar-refractivity contribution in [1.29, 1.82) is 0 Å². The zero-order valence-corrected chi connectivity index (χ0v) is 14.6. The number of rotatable bonds is 2. The fourth-order valence-electron chi connectivity index (χ4n) is 3.49. The molecule has 0 aromatic carbocycles. The van der Waals surface area contributed by atoms with Gasteiger partial charge < -0.3 is 10.1 Å².